The minimum atomic E-state index is -1.01. The highest BCUT2D eigenvalue weighted by molar-refractivity contribution is 7.14. The van der Waals surface area contributed by atoms with Crippen molar-refractivity contribution in [2.45, 2.75) is 18.6 Å². The molecule has 0 radical (unpaired) electrons. The highest BCUT2D eigenvalue weighted by Gasteiger charge is 2.20. The number of aliphatic hydroxyl groups excluding tert-OH is 2. The topological polar surface area (TPSA) is 92.8 Å². The van der Waals surface area contributed by atoms with Gasteiger partial charge >= 0.3 is 5.97 Å². The average Bonchev–Trinajstić information content (AvgIpc) is 2.76. The molecule has 0 aliphatic rings. The van der Waals surface area contributed by atoms with Crippen LogP contribution in [0.1, 0.15) is 27.1 Å². The van der Waals surface area contributed by atoms with E-state index in [1.165, 1.54) is 7.11 Å². The number of carbonyl (C=O) groups is 1. The number of nitrogens with two attached hydrogens (primary N) is 1. The molecule has 16 heavy (non-hydrogen) atoms. The summed E-state index contributed by atoms with van der Waals surface area (Å²) in [6.07, 6.45) is -1.60. The van der Waals surface area contributed by atoms with E-state index in [1.54, 1.807) is 12.1 Å². The minimum Gasteiger partial charge on any atom is -0.465 e. The molecule has 1 rings (SSSR count). The molecule has 0 saturated heterocycles. The van der Waals surface area contributed by atoms with E-state index < -0.39 is 18.2 Å². The molecule has 0 aliphatic carbocycles. The Morgan fingerprint density at radius 2 is 2.25 bits per heavy atom. The van der Waals surface area contributed by atoms with E-state index in [0.717, 1.165) is 11.3 Å². The second-order valence-electron chi connectivity index (χ2n) is 3.28. The van der Waals surface area contributed by atoms with E-state index in [-0.39, 0.29) is 0 Å². The molecule has 2 unspecified atom stereocenters. The summed E-state index contributed by atoms with van der Waals surface area (Å²) in [6.45, 7) is 0.299. The number of rotatable bonds is 5. The largest absolute Gasteiger partial charge is 0.465 e. The summed E-state index contributed by atoms with van der Waals surface area (Å²) in [5, 5.41) is 19.3. The Morgan fingerprint density at radius 3 is 2.81 bits per heavy atom. The van der Waals surface area contributed by atoms with Crippen molar-refractivity contribution >= 4 is 17.3 Å². The van der Waals surface area contributed by atoms with Gasteiger partial charge in [-0.1, -0.05) is 0 Å². The summed E-state index contributed by atoms with van der Waals surface area (Å²) in [5.41, 5.74) is 5.28. The SMILES string of the molecule is COC(=O)c1ccc(C(O)C(O)CCN)s1. The summed E-state index contributed by atoms with van der Waals surface area (Å²) >= 11 is 1.10. The van der Waals surface area contributed by atoms with Crippen LogP contribution < -0.4 is 5.73 Å². The zero-order valence-corrected chi connectivity index (χ0v) is 9.74. The standard InChI is InChI=1S/C10H15NO4S/c1-15-10(14)8-3-2-7(16-8)9(13)6(12)4-5-11/h2-3,6,9,12-13H,4-5,11H2,1H3. The first-order valence-electron chi connectivity index (χ1n) is 4.84. The van der Waals surface area contributed by atoms with E-state index in [4.69, 9.17) is 5.73 Å². The lowest BCUT2D eigenvalue weighted by molar-refractivity contribution is 0.0171. The van der Waals surface area contributed by atoms with Crippen molar-refractivity contribution in [3.8, 4) is 0 Å². The molecular weight excluding hydrogens is 230 g/mol. The molecule has 0 spiro atoms. The number of hydrogen-bond donors (Lipinski definition) is 3. The third-order valence-electron chi connectivity index (χ3n) is 2.13. The van der Waals surface area contributed by atoms with Gasteiger partial charge in [0.05, 0.1) is 13.2 Å². The van der Waals surface area contributed by atoms with Crippen molar-refractivity contribution < 1.29 is 19.7 Å². The molecule has 4 N–H and O–H groups in total. The maximum atomic E-state index is 11.2. The first-order chi connectivity index (χ1) is 7.60. The molecule has 0 fully saturated rings. The van der Waals surface area contributed by atoms with Gasteiger partial charge in [0.1, 0.15) is 11.0 Å². The zero-order chi connectivity index (χ0) is 12.1. The molecule has 0 aliphatic heterocycles. The molecule has 1 aromatic heterocycles. The molecule has 1 heterocycles. The minimum absolute atomic E-state index is 0.299. The Hall–Kier alpha value is -0.950. The van der Waals surface area contributed by atoms with Gasteiger partial charge in [0, 0.05) is 4.88 Å². The molecule has 1 aromatic rings. The molecule has 5 nitrogen and oxygen atoms in total. The predicted octanol–water partition coefficient (Wildman–Crippen LogP) is 0.278. The number of carbonyl (C=O) groups excluding carboxylic acids is 1. The summed E-state index contributed by atoms with van der Waals surface area (Å²) in [7, 11) is 1.29. The van der Waals surface area contributed by atoms with Crippen LogP contribution >= 0.6 is 11.3 Å². The van der Waals surface area contributed by atoms with Gasteiger partial charge in [-0.25, -0.2) is 4.79 Å². The van der Waals surface area contributed by atoms with Gasteiger partial charge in [0.15, 0.2) is 0 Å². The molecule has 2 atom stereocenters. The van der Waals surface area contributed by atoms with Gasteiger partial charge < -0.3 is 20.7 Å². The Kier molecular flexibility index (Phi) is 4.88. The molecular formula is C10H15NO4S. The predicted molar refractivity (Wildman–Crippen MR) is 60.3 cm³/mol. The van der Waals surface area contributed by atoms with Crippen LogP contribution in [0.25, 0.3) is 0 Å². The second kappa shape index (κ2) is 5.95. The van der Waals surface area contributed by atoms with Gasteiger partial charge in [-0.3, -0.25) is 0 Å². The Morgan fingerprint density at radius 1 is 1.56 bits per heavy atom. The second-order valence-corrected chi connectivity index (χ2v) is 4.40. The number of aliphatic hydroxyl groups is 2. The number of hydrogen-bond acceptors (Lipinski definition) is 6. The van der Waals surface area contributed by atoms with Crippen LogP contribution in [-0.2, 0) is 4.74 Å². The number of thiophene rings is 1. The van der Waals surface area contributed by atoms with E-state index in [9.17, 15) is 15.0 Å². The summed E-state index contributed by atoms with van der Waals surface area (Å²) in [5.74, 6) is -0.447. The first-order valence-corrected chi connectivity index (χ1v) is 5.66. The lowest BCUT2D eigenvalue weighted by atomic mass is 10.1. The number of methoxy groups -OCH3 is 1. The Bertz CT molecular complexity index is 352. The number of esters is 1. The monoisotopic (exact) mass is 245 g/mol. The van der Waals surface area contributed by atoms with Crippen molar-refractivity contribution in [1.29, 1.82) is 0 Å². The lowest BCUT2D eigenvalue weighted by Crippen LogP contribution is -2.21. The fourth-order valence-corrected chi connectivity index (χ4v) is 2.21. The highest BCUT2D eigenvalue weighted by atomic mass is 32.1. The van der Waals surface area contributed by atoms with Crippen LogP contribution in [0.4, 0.5) is 0 Å². The average molecular weight is 245 g/mol. The fraction of sp³-hybridized carbons (Fsp3) is 0.500. The normalized spacial score (nSPS) is 14.5. The summed E-state index contributed by atoms with van der Waals surface area (Å²) < 4.78 is 4.54. The first kappa shape index (κ1) is 13.1. The van der Waals surface area contributed by atoms with Crippen LogP contribution in [0.2, 0.25) is 0 Å². The van der Waals surface area contributed by atoms with Crippen LogP contribution in [0, 0.1) is 0 Å². The molecule has 6 heteroatoms. The molecule has 90 valence electrons. The van der Waals surface area contributed by atoms with Crippen molar-refractivity contribution in [2.75, 3.05) is 13.7 Å². The quantitative estimate of drug-likeness (QED) is 0.648. The van der Waals surface area contributed by atoms with E-state index in [1.807, 2.05) is 0 Å². The van der Waals surface area contributed by atoms with Gasteiger partial charge in [-0.2, -0.15) is 0 Å². The van der Waals surface area contributed by atoms with Crippen molar-refractivity contribution in [2.24, 2.45) is 5.73 Å². The summed E-state index contributed by atoms with van der Waals surface area (Å²) in [4.78, 5) is 12.1. The molecule has 0 aromatic carbocycles. The third-order valence-corrected chi connectivity index (χ3v) is 3.27. The van der Waals surface area contributed by atoms with E-state index >= 15 is 0 Å². The Labute approximate surface area is 97.5 Å². The highest BCUT2D eigenvalue weighted by Crippen LogP contribution is 2.26. The molecule has 0 bridgehead atoms. The van der Waals surface area contributed by atoms with Crippen LogP contribution in [0.3, 0.4) is 0 Å². The van der Waals surface area contributed by atoms with Crippen molar-refractivity contribution in [3.63, 3.8) is 0 Å². The van der Waals surface area contributed by atoms with Crippen LogP contribution in [-0.4, -0.2) is 35.9 Å². The summed E-state index contributed by atoms with van der Waals surface area (Å²) in [6, 6.07) is 3.16. The fourth-order valence-electron chi connectivity index (χ4n) is 1.24. The molecule has 0 amide bonds. The van der Waals surface area contributed by atoms with Crippen molar-refractivity contribution in [1.82, 2.24) is 0 Å². The zero-order valence-electron chi connectivity index (χ0n) is 8.92. The third kappa shape index (κ3) is 3.02. The molecule has 0 saturated carbocycles. The van der Waals surface area contributed by atoms with Gasteiger partial charge in [-0.05, 0) is 25.1 Å². The maximum Gasteiger partial charge on any atom is 0.348 e. The Balaban J connectivity index is 2.73. The van der Waals surface area contributed by atoms with Crippen molar-refractivity contribution in [3.05, 3.63) is 21.9 Å². The number of ether oxygens (including phenoxy) is 1. The van der Waals surface area contributed by atoms with Gasteiger partial charge in [-0.15, -0.1) is 11.3 Å². The maximum absolute atomic E-state index is 11.2. The van der Waals surface area contributed by atoms with Gasteiger partial charge in [0.25, 0.3) is 0 Å². The van der Waals surface area contributed by atoms with E-state index in [2.05, 4.69) is 4.74 Å². The van der Waals surface area contributed by atoms with Gasteiger partial charge in [0.2, 0.25) is 0 Å². The lowest BCUT2D eigenvalue weighted by Gasteiger charge is -2.15. The van der Waals surface area contributed by atoms with Crippen LogP contribution in [0.5, 0.6) is 0 Å². The van der Waals surface area contributed by atoms with E-state index in [0.29, 0.717) is 22.7 Å². The smallest absolute Gasteiger partial charge is 0.348 e. The van der Waals surface area contributed by atoms with Crippen LogP contribution in [0.15, 0.2) is 12.1 Å².